The first kappa shape index (κ1) is 12.4. The van der Waals surface area contributed by atoms with Gasteiger partial charge in [-0.25, -0.2) is 10.6 Å². The fraction of sp³-hybridized carbons (Fsp3) is 0.333. The molecule has 6 heteroatoms. The molecular formula is C12H15N3O3. The summed E-state index contributed by atoms with van der Waals surface area (Å²) in [4.78, 5) is 23.1. The van der Waals surface area contributed by atoms with E-state index in [0.29, 0.717) is 17.9 Å². The fourth-order valence-corrected chi connectivity index (χ4v) is 1.98. The first-order valence-electron chi connectivity index (χ1n) is 5.62. The molecule has 4 N–H and O–H groups in total. The maximum absolute atomic E-state index is 11.8. The smallest absolute Gasteiger partial charge is 0.339 e. The molecule has 6 nitrogen and oxygen atoms in total. The van der Waals surface area contributed by atoms with Crippen molar-refractivity contribution in [2.75, 3.05) is 0 Å². The summed E-state index contributed by atoms with van der Waals surface area (Å²) in [5.74, 6) is 5.05. The number of rotatable bonds is 3. The largest absolute Gasteiger partial charge is 0.508 e. The second kappa shape index (κ2) is 4.30. The molecule has 1 aromatic rings. The highest BCUT2D eigenvalue weighted by molar-refractivity contribution is 6.06. The van der Waals surface area contributed by atoms with Gasteiger partial charge >= 0.3 is 6.03 Å². The monoisotopic (exact) mass is 249 g/mol. The number of nitrogens with two attached hydrogens (primary N) is 1. The second-order valence-corrected chi connectivity index (χ2v) is 4.57. The average molecular weight is 249 g/mol. The van der Waals surface area contributed by atoms with Gasteiger partial charge in [0, 0.05) is 0 Å². The minimum Gasteiger partial charge on any atom is -0.508 e. The zero-order chi connectivity index (χ0) is 13.3. The van der Waals surface area contributed by atoms with Gasteiger partial charge in [0.25, 0.3) is 5.91 Å². The van der Waals surface area contributed by atoms with Gasteiger partial charge in [0.15, 0.2) is 0 Å². The molecule has 1 atom stereocenters. The van der Waals surface area contributed by atoms with Crippen LogP contribution < -0.4 is 11.2 Å². The number of phenolic OH excluding ortho intramolecular Hbond substituents is 1. The number of hydrogen-bond acceptors (Lipinski definition) is 4. The van der Waals surface area contributed by atoms with Gasteiger partial charge in [-0.15, -0.1) is 0 Å². The average Bonchev–Trinajstić information content (AvgIpc) is 2.53. The number of phenols is 1. The molecule has 96 valence electrons. The maximum atomic E-state index is 11.8. The molecule has 0 saturated carbocycles. The minimum absolute atomic E-state index is 0.183. The van der Waals surface area contributed by atoms with Crippen LogP contribution in [0.3, 0.4) is 0 Å². The highest BCUT2D eigenvalue weighted by Gasteiger charge is 2.46. The first-order valence-corrected chi connectivity index (χ1v) is 5.62. The van der Waals surface area contributed by atoms with Gasteiger partial charge in [-0.05, 0) is 31.4 Å². The van der Waals surface area contributed by atoms with Crippen molar-refractivity contribution in [3.63, 3.8) is 0 Å². The van der Waals surface area contributed by atoms with Crippen molar-refractivity contribution in [1.29, 1.82) is 0 Å². The number of amides is 3. The zero-order valence-corrected chi connectivity index (χ0v) is 10.0. The van der Waals surface area contributed by atoms with E-state index in [1.165, 1.54) is 0 Å². The van der Waals surface area contributed by atoms with Crippen LogP contribution in [-0.2, 0) is 11.2 Å². The molecule has 1 unspecified atom stereocenters. The predicted molar refractivity (Wildman–Crippen MR) is 64.4 cm³/mol. The Kier molecular flexibility index (Phi) is 2.96. The van der Waals surface area contributed by atoms with Crippen LogP contribution in [0, 0.1) is 0 Å². The SMILES string of the molecule is CC1(CCc2ccccc2O)NC(=O)N(N)C1=O. The van der Waals surface area contributed by atoms with Crippen molar-refractivity contribution in [2.24, 2.45) is 5.84 Å². The van der Waals surface area contributed by atoms with Crippen LogP contribution in [0.1, 0.15) is 18.9 Å². The van der Waals surface area contributed by atoms with Crippen molar-refractivity contribution >= 4 is 11.9 Å². The summed E-state index contributed by atoms with van der Waals surface area (Å²) in [6.07, 6.45) is 0.853. The van der Waals surface area contributed by atoms with Gasteiger partial charge in [0.1, 0.15) is 11.3 Å². The number of hydrazine groups is 1. The number of para-hydroxylation sites is 1. The number of aryl methyl sites for hydroxylation is 1. The highest BCUT2D eigenvalue weighted by Crippen LogP contribution is 2.24. The summed E-state index contributed by atoms with van der Waals surface area (Å²) in [7, 11) is 0. The topological polar surface area (TPSA) is 95.7 Å². The number of aromatic hydroxyl groups is 1. The number of carbonyl (C=O) groups is 2. The van der Waals surface area contributed by atoms with E-state index in [2.05, 4.69) is 5.32 Å². The van der Waals surface area contributed by atoms with E-state index in [0.717, 1.165) is 5.56 Å². The number of hydrogen-bond donors (Lipinski definition) is 3. The van der Waals surface area contributed by atoms with E-state index in [1.807, 2.05) is 6.07 Å². The second-order valence-electron chi connectivity index (χ2n) is 4.57. The molecule has 0 aliphatic carbocycles. The molecule has 18 heavy (non-hydrogen) atoms. The Hall–Kier alpha value is -2.08. The Bertz CT molecular complexity index is 503. The predicted octanol–water partition coefficient (Wildman–Crippen LogP) is 0.509. The van der Waals surface area contributed by atoms with Gasteiger partial charge in [-0.3, -0.25) is 4.79 Å². The summed E-state index contributed by atoms with van der Waals surface area (Å²) in [5, 5.41) is 12.8. The Labute approximate surface area is 104 Å². The summed E-state index contributed by atoms with van der Waals surface area (Å²) in [6, 6.07) is 6.30. The molecule has 0 aromatic heterocycles. The van der Waals surface area contributed by atoms with E-state index >= 15 is 0 Å². The van der Waals surface area contributed by atoms with Crippen molar-refractivity contribution in [1.82, 2.24) is 10.3 Å². The van der Waals surface area contributed by atoms with Crippen LogP contribution in [0.2, 0.25) is 0 Å². The van der Waals surface area contributed by atoms with Crippen LogP contribution in [0.15, 0.2) is 24.3 Å². The van der Waals surface area contributed by atoms with Crippen LogP contribution in [0.4, 0.5) is 4.79 Å². The zero-order valence-electron chi connectivity index (χ0n) is 10.0. The van der Waals surface area contributed by atoms with Crippen molar-refractivity contribution in [2.45, 2.75) is 25.3 Å². The van der Waals surface area contributed by atoms with E-state index < -0.39 is 17.5 Å². The first-order chi connectivity index (χ1) is 8.44. The normalized spacial score (nSPS) is 23.3. The third-order valence-electron chi connectivity index (χ3n) is 3.18. The lowest BCUT2D eigenvalue weighted by Crippen LogP contribution is -2.45. The summed E-state index contributed by atoms with van der Waals surface area (Å²) >= 11 is 0. The van der Waals surface area contributed by atoms with E-state index in [1.54, 1.807) is 25.1 Å². The molecule has 0 spiro atoms. The van der Waals surface area contributed by atoms with E-state index in [4.69, 9.17) is 5.84 Å². The van der Waals surface area contributed by atoms with E-state index in [-0.39, 0.29) is 5.75 Å². The van der Waals surface area contributed by atoms with Gasteiger partial charge in [-0.2, -0.15) is 5.01 Å². The van der Waals surface area contributed by atoms with Crippen LogP contribution in [0.5, 0.6) is 5.75 Å². The minimum atomic E-state index is -1.01. The lowest BCUT2D eigenvalue weighted by Gasteiger charge is -2.20. The molecule has 2 rings (SSSR count). The van der Waals surface area contributed by atoms with Gasteiger partial charge < -0.3 is 10.4 Å². The number of imide groups is 1. The van der Waals surface area contributed by atoms with E-state index in [9.17, 15) is 14.7 Å². The number of benzene rings is 1. The number of urea groups is 1. The van der Waals surface area contributed by atoms with Crippen LogP contribution in [0.25, 0.3) is 0 Å². The number of carbonyl (C=O) groups excluding carboxylic acids is 2. The molecule has 1 aromatic carbocycles. The van der Waals surface area contributed by atoms with Crippen LogP contribution in [-0.4, -0.2) is 27.6 Å². The molecule has 0 radical (unpaired) electrons. The van der Waals surface area contributed by atoms with Crippen molar-refractivity contribution < 1.29 is 14.7 Å². The molecule has 3 amide bonds. The molecule has 1 fully saturated rings. The molecule has 1 heterocycles. The lowest BCUT2D eigenvalue weighted by molar-refractivity contribution is -0.131. The lowest BCUT2D eigenvalue weighted by atomic mass is 9.93. The Morgan fingerprint density at radius 1 is 1.39 bits per heavy atom. The summed E-state index contributed by atoms with van der Waals surface area (Å²) in [6.45, 7) is 1.63. The van der Waals surface area contributed by atoms with Gasteiger partial charge in [-0.1, -0.05) is 18.2 Å². The molecular weight excluding hydrogens is 234 g/mol. The van der Waals surface area contributed by atoms with Crippen molar-refractivity contribution in [3.8, 4) is 5.75 Å². The summed E-state index contributed by atoms with van der Waals surface area (Å²) < 4.78 is 0. The Morgan fingerprint density at radius 2 is 2.06 bits per heavy atom. The standard InChI is InChI=1S/C12H15N3O3/c1-12(10(17)15(13)11(18)14-12)7-6-8-4-2-3-5-9(8)16/h2-5,16H,6-7,13H2,1H3,(H,14,18). The Morgan fingerprint density at radius 3 is 2.61 bits per heavy atom. The van der Waals surface area contributed by atoms with Crippen molar-refractivity contribution in [3.05, 3.63) is 29.8 Å². The molecule has 1 aliphatic heterocycles. The Balaban J connectivity index is 2.09. The summed E-state index contributed by atoms with van der Waals surface area (Å²) in [5.41, 5.74) is -0.273. The number of nitrogens with one attached hydrogen (secondary N) is 1. The third-order valence-corrected chi connectivity index (χ3v) is 3.18. The third kappa shape index (κ3) is 2.02. The highest BCUT2D eigenvalue weighted by atomic mass is 16.3. The number of nitrogens with zero attached hydrogens (tertiary/aromatic N) is 1. The molecule has 1 aliphatic rings. The quantitative estimate of drug-likeness (QED) is 0.413. The van der Waals surface area contributed by atoms with Gasteiger partial charge in [0.2, 0.25) is 0 Å². The van der Waals surface area contributed by atoms with Crippen LogP contribution >= 0.6 is 0 Å². The maximum Gasteiger partial charge on any atom is 0.339 e. The van der Waals surface area contributed by atoms with Gasteiger partial charge in [0.05, 0.1) is 0 Å². The molecule has 1 saturated heterocycles. The molecule has 0 bridgehead atoms. The fourth-order valence-electron chi connectivity index (χ4n) is 1.98.